The highest BCUT2D eigenvalue weighted by atomic mass is 32.1. The molecule has 3 aromatic heterocycles. The zero-order valence-corrected chi connectivity index (χ0v) is 14.9. The predicted molar refractivity (Wildman–Crippen MR) is 93.8 cm³/mol. The standard InChI is InChI=1S/C16H14N4O3S2/c1-17-14(21)13-9-7-20(5-4-11(9)23-19-13)16(22)10-8-25-15(18-10)12-3-2-6-24-12/h2-3,6,8H,4-5,7H2,1H3,(H,17,21). The van der Waals surface area contributed by atoms with E-state index < -0.39 is 0 Å². The molecule has 0 saturated heterocycles. The number of amides is 2. The first-order chi connectivity index (χ1) is 12.2. The number of carbonyl (C=O) groups excluding carboxylic acids is 2. The summed E-state index contributed by atoms with van der Waals surface area (Å²) in [6.45, 7) is 0.812. The smallest absolute Gasteiger partial charge is 0.273 e. The number of thiazole rings is 1. The molecule has 7 nitrogen and oxygen atoms in total. The van der Waals surface area contributed by atoms with E-state index in [2.05, 4.69) is 15.5 Å². The summed E-state index contributed by atoms with van der Waals surface area (Å²) in [5.74, 6) is 0.210. The Morgan fingerprint density at radius 3 is 3.00 bits per heavy atom. The second-order valence-electron chi connectivity index (χ2n) is 5.50. The second kappa shape index (κ2) is 6.41. The van der Waals surface area contributed by atoms with Crippen LogP contribution in [0.4, 0.5) is 0 Å². The molecule has 2 amide bonds. The molecular formula is C16H14N4O3S2. The fourth-order valence-corrected chi connectivity index (χ4v) is 4.33. The number of rotatable bonds is 3. The molecular weight excluding hydrogens is 360 g/mol. The quantitative estimate of drug-likeness (QED) is 0.761. The van der Waals surface area contributed by atoms with Gasteiger partial charge in [0, 0.05) is 31.0 Å². The van der Waals surface area contributed by atoms with Gasteiger partial charge in [0.05, 0.1) is 11.4 Å². The zero-order valence-electron chi connectivity index (χ0n) is 13.3. The van der Waals surface area contributed by atoms with Gasteiger partial charge in [0.1, 0.15) is 16.5 Å². The molecule has 0 aliphatic carbocycles. The molecule has 1 N–H and O–H groups in total. The van der Waals surface area contributed by atoms with E-state index in [9.17, 15) is 9.59 Å². The van der Waals surface area contributed by atoms with Gasteiger partial charge in [-0.05, 0) is 11.4 Å². The van der Waals surface area contributed by atoms with E-state index in [0.29, 0.717) is 36.5 Å². The molecule has 4 rings (SSSR count). The third kappa shape index (κ3) is 2.85. The lowest BCUT2D eigenvalue weighted by Crippen LogP contribution is -2.36. The van der Waals surface area contributed by atoms with Crippen molar-refractivity contribution < 1.29 is 14.1 Å². The zero-order chi connectivity index (χ0) is 17.4. The molecule has 0 saturated carbocycles. The van der Waals surface area contributed by atoms with Crippen molar-refractivity contribution in [3.05, 3.63) is 45.6 Å². The Balaban J connectivity index is 1.56. The third-order valence-corrected chi connectivity index (χ3v) is 5.89. The lowest BCUT2D eigenvalue weighted by Gasteiger charge is -2.25. The first kappa shape index (κ1) is 16.0. The maximum atomic E-state index is 12.8. The van der Waals surface area contributed by atoms with Crippen LogP contribution in [0.15, 0.2) is 27.4 Å². The molecule has 0 atom stereocenters. The van der Waals surface area contributed by atoms with E-state index in [1.807, 2.05) is 17.5 Å². The van der Waals surface area contributed by atoms with Gasteiger partial charge in [-0.25, -0.2) is 4.98 Å². The summed E-state index contributed by atoms with van der Waals surface area (Å²) in [7, 11) is 1.54. The van der Waals surface area contributed by atoms with E-state index in [1.165, 1.54) is 18.4 Å². The Kier molecular flexibility index (Phi) is 4.10. The molecule has 25 heavy (non-hydrogen) atoms. The number of carbonyl (C=O) groups is 2. The first-order valence-corrected chi connectivity index (χ1v) is 9.41. The van der Waals surface area contributed by atoms with Gasteiger partial charge in [-0.1, -0.05) is 11.2 Å². The van der Waals surface area contributed by atoms with Crippen LogP contribution in [0, 0.1) is 0 Å². The number of aromatic nitrogens is 2. The van der Waals surface area contributed by atoms with Gasteiger partial charge >= 0.3 is 0 Å². The van der Waals surface area contributed by atoms with Gasteiger partial charge in [0.25, 0.3) is 11.8 Å². The summed E-state index contributed by atoms with van der Waals surface area (Å²) in [6.07, 6.45) is 0.535. The first-order valence-electron chi connectivity index (χ1n) is 7.65. The lowest BCUT2D eigenvalue weighted by atomic mass is 10.1. The molecule has 0 unspecified atom stereocenters. The fraction of sp³-hybridized carbons (Fsp3) is 0.250. The van der Waals surface area contributed by atoms with E-state index in [-0.39, 0.29) is 17.5 Å². The Morgan fingerprint density at radius 2 is 2.24 bits per heavy atom. The average molecular weight is 374 g/mol. The van der Waals surface area contributed by atoms with Crippen molar-refractivity contribution in [2.45, 2.75) is 13.0 Å². The Morgan fingerprint density at radius 1 is 1.36 bits per heavy atom. The number of nitrogens with zero attached hydrogens (tertiary/aromatic N) is 3. The van der Waals surface area contributed by atoms with Gasteiger partial charge in [0.15, 0.2) is 5.69 Å². The molecule has 0 aromatic carbocycles. The molecule has 9 heteroatoms. The van der Waals surface area contributed by atoms with Crippen molar-refractivity contribution in [1.82, 2.24) is 20.4 Å². The highest BCUT2D eigenvalue weighted by Crippen LogP contribution is 2.29. The van der Waals surface area contributed by atoms with Crippen molar-refractivity contribution in [1.29, 1.82) is 0 Å². The van der Waals surface area contributed by atoms with Crippen molar-refractivity contribution in [3.63, 3.8) is 0 Å². The van der Waals surface area contributed by atoms with Gasteiger partial charge in [-0.3, -0.25) is 9.59 Å². The molecule has 0 fully saturated rings. The highest BCUT2D eigenvalue weighted by Gasteiger charge is 2.30. The molecule has 0 radical (unpaired) electrons. The number of thiophene rings is 1. The highest BCUT2D eigenvalue weighted by molar-refractivity contribution is 7.20. The molecule has 3 aromatic rings. The minimum absolute atomic E-state index is 0.145. The summed E-state index contributed by atoms with van der Waals surface area (Å²) in [5, 5.41) is 11.0. The van der Waals surface area contributed by atoms with E-state index >= 15 is 0 Å². The molecule has 4 heterocycles. The summed E-state index contributed by atoms with van der Waals surface area (Å²) in [6, 6.07) is 3.94. The summed E-state index contributed by atoms with van der Waals surface area (Å²) in [4.78, 5) is 31.9. The topological polar surface area (TPSA) is 88.3 Å². The Bertz CT molecular complexity index is 929. The normalized spacial score (nSPS) is 13.6. The minimum atomic E-state index is -0.312. The number of fused-ring (bicyclic) bond motifs is 1. The van der Waals surface area contributed by atoms with Crippen LogP contribution < -0.4 is 5.32 Å². The largest absolute Gasteiger partial charge is 0.360 e. The van der Waals surface area contributed by atoms with Crippen LogP contribution in [0.1, 0.15) is 32.3 Å². The lowest BCUT2D eigenvalue weighted by molar-refractivity contribution is 0.0722. The SMILES string of the molecule is CNC(=O)c1noc2c1CN(C(=O)c1csc(-c3cccs3)n1)CC2. The maximum Gasteiger partial charge on any atom is 0.273 e. The third-order valence-electron chi connectivity index (χ3n) is 4.01. The number of hydrogen-bond acceptors (Lipinski definition) is 7. The average Bonchev–Trinajstić information content (AvgIpc) is 3.39. The summed E-state index contributed by atoms with van der Waals surface area (Å²) < 4.78 is 5.24. The van der Waals surface area contributed by atoms with Crippen LogP contribution in [0.25, 0.3) is 9.88 Å². The monoisotopic (exact) mass is 374 g/mol. The number of nitrogens with one attached hydrogen (secondary N) is 1. The van der Waals surface area contributed by atoms with Crippen molar-refractivity contribution in [3.8, 4) is 9.88 Å². The van der Waals surface area contributed by atoms with Gasteiger partial charge in [-0.15, -0.1) is 22.7 Å². The molecule has 128 valence electrons. The number of hydrogen-bond donors (Lipinski definition) is 1. The predicted octanol–water partition coefficient (Wildman–Crippen LogP) is 2.42. The van der Waals surface area contributed by atoms with Crippen molar-refractivity contribution in [2.75, 3.05) is 13.6 Å². The van der Waals surface area contributed by atoms with Crippen molar-refractivity contribution in [2.24, 2.45) is 0 Å². The van der Waals surface area contributed by atoms with E-state index in [1.54, 1.807) is 21.6 Å². The second-order valence-corrected chi connectivity index (χ2v) is 7.31. The molecule has 0 spiro atoms. The molecule has 1 aliphatic rings. The van der Waals surface area contributed by atoms with Crippen LogP contribution >= 0.6 is 22.7 Å². The Hall–Kier alpha value is -2.52. The Labute approximate surface area is 151 Å². The van der Waals surface area contributed by atoms with Gasteiger partial charge in [-0.2, -0.15) is 0 Å². The minimum Gasteiger partial charge on any atom is -0.360 e. The van der Waals surface area contributed by atoms with E-state index in [0.717, 1.165) is 9.88 Å². The van der Waals surface area contributed by atoms with Crippen LogP contribution in [0.3, 0.4) is 0 Å². The fourth-order valence-electron chi connectivity index (χ4n) is 2.73. The maximum absolute atomic E-state index is 12.8. The van der Waals surface area contributed by atoms with E-state index in [4.69, 9.17) is 4.52 Å². The van der Waals surface area contributed by atoms with Crippen LogP contribution in [-0.2, 0) is 13.0 Å². The van der Waals surface area contributed by atoms with Crippen LogP contribution in [0.5, 0.6) is 0 Å². The van der Waals surface area contributed by atoms with Gasteiger partial charge < -0.3 is 14.7 Å². The van der Waals surface area contributed by atoms with Crippen LogP contribution in [-0.4, -0.2) is 40.4 Å². The summed E-state index contributed by atoms with van der Waals surface area (Å²) >= 11 is 3.05. The van der Waals surface area contributed by atoms with Crippen molar-refractivity contribution >= 4 is 34.5 Å². The molecule has 1 aliphatic heterocycles. The van der Waals surface area contributed by atoms with Crippen LogP contribution in [0.2, 0.25) is 0 Å². The molecule has 0 bridgehead atoms. The summed E-state index contributed by atoms with van der Waals surface area (Å²) in [5.41, 5.74) is 1.34. The van der Waals surface area contributed by atoms with Gasteiger partial charge in [0.2, 0.25) is 0 Å².